The van der Waals surface area contributed by atoms with Gasteiger partial charge in [-0.1, -0.05) is 26.0 Å². The number of amides is 3. The van der Waals surface area contributed by atoms with Gasteiger partial charge < -0.3 is 20.3 Å². The highest BCUT2D eigenvalue weighted by Crippen LogP contribution is 2.25. The Bertz CT molecular complexity index is 834. The van der Waals surface area contributed by atoms with Crippen molar-refractivity contribution in [1.29, 1.82) is 0 Å². The van der Waals surface area contributed by atoms with Gasteiger partial charge in [0.25, 0.3) is 5.91 Å². The molecule has 0 unspecified atom stereocenters. The van der Waals surface area contributed by atoms with Gasteiger partial charge in [-0.15, -0.1) is 0 Å². The molecule has 2 aromatic rings. The Kier molecular flexibility index (Phi) is 7.08. The first-order valence-corrected chi connectivity index (χ1v) is 10.0. The van der Waals surface area contributed by atoms with E-state index in [0.29, 0.717) is 36.7 Å². The zero-order valence-electron chi connectivity index (χ0n) is 17.0. The zero-order valence-corrected chi connectivity index (χ0v) is 17.0. The largest absolute Gasteiger partial charge is 0.490 e. The van der Waals surface area contributed by atoms with Crippen molar-refractivity contribution in [2.45, 2.75) is 13.8 Å². The molecule has 0 atom stereocenters. The van der Waals surface area contributed by atoms with Gasteiger partial charge in [-0.3, -0.25) is 9.69 Å². The Morgan fingerprint density at radius 3 is 2.52 bits per heavy atom. The number of benzene rings is 2. The molecule has 0 spiro atoms. The molecule has 1 heterocycles. The summed E-state index contributed by atoms with van der Waals surface area (Å²) >= 11 is 0. The number of hydrogen-bond donors (Lipinski definition) is 2. The van der Waals surface area contributed by atoms with E-state index in [1.807, 2.05) is 24.3 Å². The summed E-state index contributed by atoms with van der Waals surface area (Å²) in [4.78, 5) is 28.4. The van der Waals surface area contributed by atoms with Gasteiger partial charge in [-0.2, -0.15) is 0 Å². The van der Waals surface area contributed by atoms with Crippen molar-refractivity contribution < 1.29 is 14.3 Å². The standard InChI is InChI=1S/C22H28N4O3/c1-3-25(4-2)15-16-29-20-8-6-5-7-19(20)24-21(27)17-9-11-18(12-10-17)26-14-13-23-22(26)28/h5-12H,3-4,13-16H2,1-2H3,(H,23,28)(H,24,27). The van der Waals surface area contributed by atoms with Crippen LogP contribution in [0.4, 0.5) is 16.2 Å². The van der Waals surface area contributed by atoms with E-state index in [0.717, 1.165) is 25.3 Å². The second-order valence-electron chi connectivity index (χ2n) is 6.76. The Labute approximate surface area is 171 Å². The molecule has 1 fully saturated rings. The molecule has 0 aliphatic carbocycles. The Morgan fingerprint density at radius 1 is 1.14 bits per heavy atom. The van der Waals surface area contributed by atoms with Gasteiger partial charge >= 0.3 is 6.03 Å². The SMILES string of the molecule is CCN(CC)CCOc1ccccc1NC(=O)c1ccc(N2CCNC2=O)cc1. The molecule has 2 aromatic carbocycles. The number of para-hydroxylation sites is 2. The molecule has 0 bridgehead atoms. The van der Waals surface area contributed by atoms with Crippen LogP contribution in [-0.2, 0) is 0 Å². The molecule has 1 aliphatic rings. The number of nitrogens with zero attached hydrogens (tertiary/aromatic N) is 2. The topological polar surface area (TPSA) is 73.9 Å². The van der Waals surface area contributed by atoms with Crippen LogP contribution in [0, 0.1) is 0 Å². The second kappa shape index (κ2) is 9.93. The molecule has 29 heavy (non-hydrogen) atoms. The summed E-state index contributed by atoms with van der Waals surface area (Å²) < 4.78 is 5.90. The van der Waals surface area contributed by atoms with Gasteiger partial charge in [0, 0.05) is 30.9 Å². The van der Waals surface area contributed by atoms with Crippen molar-refractivity contribution in [2.24, 2.45) is 0 Å². The number of hydrogen-bond acceptors (Lipinski definition) is 4. The molecule has 7 heteroatoms. The number of ether oxygens (including phenoxy) is 1. The molecule has 2 N–H and O–H groups in total. The molecule has 154 valence electrons. The van der Waals surface area contributed by atoms with E-state index in [2.05, 4.69) is 29.4 Å². The van der Waals surface area contributed by atoms with Crippen LogP contribution in [0.15, 0.2) is 48.5 Å². The first-order valence-electron chi connectivity index (χ1n) is 10.0. The molecule has 3 rings (SSSR count). The summed E-state index contributed by atoms with van der Waals surface area (Å²) in [6.45, 7) is 8.86. The van der Waals surface area contributed by atoms with Crippen molar-refractivity contribution >= 4 is 23.3 Å². The highest BCUT2D eigenvalue weighted by molar-refractivity contribution is 6.05. The van der Waals surface area contributed by atoms with Gasteiger partial charge in [0.05, 0.1) is 5.69 Å². The molecule has 0 aromatic heterocycles. The van der Waals surface area contributed by atoms with E-state index in [4.69, 9.17) is 4.74 Å². The molecular formula is C22H28N4O3. The molecular weight excluding hydrogens is 368 g/mol. The van der Waals surface area contributed by atoms with E-state index in [1.165, 1.54) is 0 Å². The lowest BCUT2D eigenvalue weighted by Gasteiger charge is -2.19. The third-order valence-electron chi connectivity index (χ3n) is 4.99. The quantitative estimate of drug-likeness (QED) is 0.683. The zero-order chi connectivity index (χ0) is 20.6. The maximum absolute atomic E-state index is 12.7. The molecule has 0 saturated carbocycles. The molecule has 7 nitrogen and oxygen atoms in total. The van der Waals surface area contributed by atoms with E-state index in [1.54, 1.807) is 29.2 Å². The van der Waals surface area contributed by atoms with Crippen LogP contribution in [0.25, 0.3) is 0 Å². The van der Waals surface area contributed by atoms with Crippen LogP contribution in [0.2, 0.25) is 0 Å². The van der Waals surface area contributed by atoms with E-state index in [-0.39, 0.29) is 11.9 Å². The van der Waals surface area contributed by atoms with Crippen molar-refractivity contribution in [3.8, 4) is 5.75 Å². The number of carbonyl (C=O) groups excluding carboxylic acids is 2. The first kappa shape index (κ1) is 20.7. The predicted octanol–water partition coefficient (Wildman–Crippen LogP) is 3.19. The van der Waals surface area contributed by atoms with Crippen molar-refractivity contribution in [3.05, 3.63) is 54.1 Å². The van der Waals surface area contributed by atoms with E-state index < -0.39 is 0 Å². The minimum atomic E-state index is -0.220. The third kappa shape index (κ3) is 5.26. The van der Waals surface area contributed by atoms with Gasteiger partial charge in [-0.05, 0) is 49.5 Å². The number of rotatable bonds is 9. The lowest BCUT2D eigenvalue weighted by molar-refractivity contribution is 0.102. The fraction of sp³-hybridized carbons (Fsp3) is 0.364. The average Bonchev–Trinajstić information content (AvgIpc) is 3.18. The number of nitrogens with one attached hydrogen (secondary N) is 2. The molecule has 1 aliphatic heterocycles. The molecule has 3 amide bonds. The van der Waals surface area contributed by atoms with Crippen LogP contribution >= 0.6 is 0 Å². The number of likely N-dealkylation sites (N-methyl/N-ethyl adjacent to an activating group) is 1. The summed E-state index contributed by atoms with van der Waals surface area (Å²) in [6, 6.07) is 14.3. The fourth-order valence-corrected chi connectivity index (χ4v) is 3.23. The van der Waals surface area contributed by atoms with Crippen molar-refractivity contribution in [1.82, 2.24) is 10.2 Å². The van der Waals surface area contributed by atoms with Crippen molar-refractivity contribution in [3.63, 3.8) is 0 Å². The maximum atomic E-state index is 12.7. The van der Waals surface area contributed by atoms with Gasteiger partial charge in [0.2, 0.25) is 0 Å². The molecule has 1 saturated heterocycles. The smallest absolute Gasteiger partial charge is 0.321 e. The summed E-state index contributed by atoms with van der Waals surface area (Å²) in [5, 5.41) is 5.69. The Hall–Kier alpha value is -3.06. The molecule has 0 radical (unpaired) electrons. The normalized spacial score (nSPS) is 13.5. The lowest BCUT2D eigenvalue weighted by Crippen LogP contribution is -2.28. The minimum Gasteiger partial charge on any atom is -0.490 e. The van der Waals surface area contributed by atoms with Crippen LogP contribution in [0.5, 0.6) is 5.75 Å². The monoisotopic (exact) mass is 396 g/mol. The van der Waals surface area contributed by atoms with E-state index >= 15 is 0 Å². The maximum Gasteiger partial charge on any atom is 0.321 e. The summed E-state index contributed by atoms with van der Waals surface area (Å²) in [7, 11) is 0. The minimum absolute atomic E-state index is 0.113. The third-order valence-corrected chi connectivity index (χ3v) is 4.99. The van der Waals surface area contributed by atoms with Gasteiger partial charge in [0.1, 0.15) is 12.4 Å². The number of carbonyl (C=O) groups is 2. The first-order chi connectivity index (χ1) is 14.1. The van der Waals surface area contributed by atoms with Crippen LogP contribution in [0.3, 0.4) is 0 Å². The Balaban J connectivity index is 1.62. The number of anilines is 2. The van der Waals surface area contributed by atoms with Crippen LogP contribution < -0.4 is 20.3 Å². The Morgan fingerprint density at radius 2 is 1.86 bits per heavy atom. The number of urea groups is 1. The average molecular weight is 396 g/mol. The van der Waals surface area contributed by atoms with Crippen LogP contribution in [-0.4, -0.2) is 56.2 Å². The summed E-state index contributed by atoms with van der Waals surface area (Å²) in [6.07, 6.45) is 0. The summed E-state index contributed by atoms with van der Waals surface area (Å²) in [5.41, 5.74) is 1.93. The fourth-order valence-electron chi connectivity index (χ4n) is 3.23. The highest BCUT2D eigenvalue weighted by Gasteiger charge is 2.21. The predicted molar refractivity (Wildman–Crippen MR) is 115 cm³/mol. The highest BCUT2D eigenvalue weighted by atomic mass is 16.5. The lowest BCUT2D eigenvalue weighted by atomic mass is 10.1. The van der Waals surface area contributed by atoms with Crippen molar-refractivity contribution in [2.75, 3.05) is 49.5 Å². The summed E-state index contributed by atoms with van der Waals surface area (Å²) in [5.74, 6) is 0.431. The van der Waals surface area contributed by atoms with Gasteiger partial charge in [-0.25, -0.2) is 4.79 Å². The van der Waals surface area contributed by atoms with Gasteiger partial charge in [0.15, 0.2) is 0 Å². The second-order valence-corrected chi connectivity index (χ2v) is 6.76. The van der Waals surface area contributed by atoms with Crippen LogP contribution in [0.1, 0.15) is 24.2 Å². The van der Waals surface area contributed by atoms with E-state index in [9.17, 15) is 9.59 Å².